The predicted molar refractivity (Wildman–Crippen MR) is 79.3 cm³/mol. The number of pyridine rings is 1. The molecule has 0 amide bonds. The Balaban J connectivity index is 2.44. The molecule has 1 aromatic carbocycles. The Morgan fingerprint density at radius 2 is 1.76 bits per heavy atom. The van der Waals surface area contributed by atoms with E-state index in [-0.39, 0.29) is 5.56 Å². The third kappa shape index (κ3) is 3.09. The van der Waals surface area contributed by atoms with E-state index in [4.69, 9.17) is 0 Å². The van der Waals surface area contributed by atoms with Crippen LogP contribution in [0.2, 0.25) is 0 Å². The highest BCUT2D eigenvalue weighted by Crippen LogP contribution is 2.18. The molecule has 17 heavy (non-hydrogen) atoms. The first-order valence-electron chi connectivity index (χ1n) is 4.87. The lowest BCUT2D eigenvalue weighted by molar-refractivity contribution is 0.749. The summed E-state index contributed by atoms with van der Waals surface area (Å²) in [6, 6.07) is 9.61. The van der Waals surface area contributed by atoms with Crippen LogP contribution >= 0.6 is 47.8 Å². The number of halogens is 3. The molecular weight excluding hydrogens is 414 g/mol. The summed E-state index contributed by atoms with van der Waals surface area (Å²) in [6.07, 6.45) is 1.78. The largest absolute Gasteiger partial charge is 0.309 e. The molecular formula is C12H8Br3NO. The van der Waals surface area contributed by atoms with Crippen molar-refractivity contribution in [3.63, 3.8) is 0 Å². The number of hydrogen-bond acceptors (Lipinski definition) is 1. The maximum atomic E-state index is 11.9. The molecule has 0 radical (unpaired) electrons. The Bertz CT molecular complexity index is 607. The van der Waals surface area contributed by atoms with Gasteiger partial charge in [-0.1, -0.05) is 34.1 Å². The van der Waals surface area contributed by atoms with Gasteiger partial charge in [-0.05, 0) is 49.6 Å². The normalized spacial score (nSPS) is 10.5. The molecule has 0 saturated carbocycles. The van der Waals surface area contributed by atoms with E-state index in [1.807, 2.05) is 24.3 Å². The fourth-order valence-electron chi connectivity index (χ4n) is 1.49. The first-order chi connectivity index (χ1) is 8.08. The third-order valence-electron chi connectivity index (χ3n) is 2.31. The van der Waals surface area contributed by atoms with Crippen LogP contribution in [0.4, 0.5) is 0 Å². The number of rotatable bonds is 2. The molecule has 0 fully saturated rings. The molecule has 0 aliphatic rings. The van der Waals surface area contributed by atoms with E-state index >= 15 is 0 Å². The lowest BCUT2D eigenvalue weighted by Gasteiger charge is -2.08. The van der Waals surface area contributed by atoms with Gasteiger partial charge in [-0.25, -0.2) is 0 Å². The van der Waals surface area contributed by atoms with Crippen LogP contribution in [-0.4, -0.2) is 4.57 Å². The molecule has 2 aromatic rings. The van der Waals surface area contributed by atoms with Crippen LogP contribution in [0.25, 0.3) is 0 Å². The molecule has 0 spiro atoms. The molecule has 1 heterocycles. The van der Waals surface area contributed by atoms with Crippen LogP contribution in [0, 0.1) is 0 Å². The Morgan fingerprint density at radius 3 is 2.47 bits per heavy atom. The number of nitrogens with zero attached hydrogens (tertiary/aromatic N) is 1. The van der Waals surface area contributed by atoms with Crippen molar-refractivity contribution < 1.29 is 0 Å². The monoisotopic (exact) mass is 419 g/mol. The van der Waals surface area contributed by atoms with E-state index in [2.05, 4.69) is 47.8 Å². The number of aromatic nitrogens is 1. The van der Waals surface area contributed by atoms with Gasteiger partial charge in [0.05, 0.1) is 11.0 Å². The zero-order valence-corrected chi connectivity index (χ0v) is 13.4. The third-order valence-corrected chi connectivity index (χ3v) is 4.08. The van der Waals surface area contributed by atoms with Gasteiger partial charge in [-0.2, -0.15) is 0 Å². The molecule has 5 heteroatoms. The lowest BCUT2D eigenvalue weighted by Crippen LogP contribution is -2.20. The zero-order valence-electron chi connectivity index (χ0n) is 8.66. The van der Waals surface area contributed by atoms with Crippen molar-refractivity contribution in [1.82, 2.24) is 4.57 Å². The van der Waals surface area contributed by atoms with Gasteiger partial charge in [0, 0.05) is 15.1 Å². The van der Waals surface area contributed by atoms with E-state index in [1.165, 1.54) is 0 Å². The topological polar surface area (TPSA) is 22.0 Å². The summed E-state index contributed by atoms with van der Waals surface area (Å²) in [4.78, 5) is 11.9. The minimum atomic E-state index is -0.0380. The second-order valence-corrected chi connectivity index (χ2v) is 6.16. The van der Waals surface area contributed by atoms with Crippen molar-refractivity contribution >= 4 is 47.8 Å². The maximum Gasteiger partial charge on any atom is 0.265 e. The highest BCUT2D eigenvalue weighted by molar-refractivity contribution is 9.11. The molecule has 0 aliphatic heterocycles. The first kappa shape index (κ1) is 13.1. The zero-order chi connectivity index (χ0) is 12.4. The lowest BCUT2D eigenvalue weighted by atomic mass is 10.2. The van der Waals surface area contributed by atoms with Gasteiger partial charge in [0.1, 0.15) is 0 Å². The van der Waals surface area contributed by atoms with Gasteiger partial charge in [0.25, 0.3) is 5.56 Å². The minimum Gasteiger partial charge on any atom is -0.309 e. The van der Waals surface area contributed by atoms with E-state index in [0.717, 1.165) is 14.5 Å². The molecule has 1 aromatic heterocycles. The van der Waals surface area contributed by atoms with Crippen molar-refractivity contribution in [2.75, 3.05) is 0 Å². The van der Waals surface area contributed by atoms with Crippen molar-refractivity contribution in [2.45, 2.75) is 6.54 Å². The summed E-state index contributed by atoms with van der Waals surface area (Å²) in [5.41, 5.74) is 1.03. The van der Waals surface area contributed by atoms with E-state index in [1.54, 1.807) is 16.8 Å². The fraction of sp³-hybridized carbons (Fsp3) is 0.0833. The Labute approximate surface area is 124 Å². The summed E-state index contributed by atoms with van der Waals surface area (Å²) in [5.74, 6) is 0. The maximum absolute atomic E-state index is 11.9. The van der Waals surface area contributed by atoms with Crippen molar-refractivity contribution in [2.24, 2.45) is 0 Å². The van der Waals surface area contributed by atoms with Crippen LogP contribution in [0.15, 0.2) is 54.7 Å². The van der Waals surface area contributed by atoms with E-state index in [0.29, 0.717) is 11.0 Å². The minimum absolute atomic E-state index is 0.0380. The fourth-order valence-corrected chi connectivity index (χ4v) is 3.16. The van der Waals surface area contributed by atoms with Crippen LogP contribution in [0.5, 0.6) is 0 Å². The summed E-state index contributed by atoms with van der Waals surface area (Å²) in [6.45, 7) is 0.540. The van der Waals surface area contributed by atoms with Gasteiger partial charge >= 0.3 is 0 Å². The average Bonchev–Trinajstić information content (AvgIpc) is 2.28. The Kier molecular flexibility index (Phi) is 4.22. The highest BCUT2D eigenvalue weighted by atomic mass is 79.9. The molecule has 2 nitrogen and oxygen atoms in total. The van der Waals surface area contributed by atoms with Crippen LogP contribution in [-0.2, 0) is 6.54 Å². The summed E-state index contributed by atoms with van der Waals surface area (Å²) < 4.78 is 4.09. The van der Waals surface area contributed by atoms with Crippen molar-refractivity contribution in [3.8, 4) is 0 Å². The smallest absolute Gasteiger partial charge is 0.265 e. The average molecular weight is 422 g/mol. The molecule has 0 aliphatic carbocycles. The predicted octanol–water partition coefficient (Wildman–Crippen LogP) is 4.18. The second-order valence-electron chi connectivity index (χ2n) is 3.53. The van der Waals surface area contributed by atoms with Gasteiger partial charge < -0.3 is 4.57 Å². The van der Waals surface area contributed by atoms with Crippen LogP contribution in [0.3, 0.4) is 0 Å². The van der Waals surface area contributed by atoms with Gasteiger partial charge in [0.15, 0.2) is 0 Å². The second kappa shape index (κ2) is 5.50. The SMILES string of the molecule is O=c1c(Br)cc(Br)cn1Cc1ccccc1Br. The highest BCUT2D eigenvalue weighted by Gasteiger charge is 2.05. The molecule has 0 bridgehead atoms. The molecule has 0 unspecified atom stereocenters. The van der Waals surface area contributed by atoms with Gasteiger partial charge in [0.2, 0.25) is 0 Å². The molecule has 0 saturated heterocycles. The van der Waals surface area contributed by atoms with Gasteiger partial charge in [-0.15, -0.1) is 0 Å². The Morgan fingerprint density at radius 1 is 1.06 bits per heavy atom. The molecule has 0 N–H and O–H groups in total. The van der Waals surface area contributed by atoms with Crippen molar-refractivity contribution in [1.29, 1.82) is 0 Å². The van der Waals surface area contributed by atoms with Crippen LogP contribution in [0.1, 0.15) is 5.56 Å². The van der Waals surface area contributed by atoms with E-state index in [9.17, 15) is 4.79 Å². The van der Waals surface area contributed by atoms with Crippen LogP contribution < -0.4 is 5.56 Å². The number of benzene rings is 1. The van der Waals surface area contributed by atoms with Gasteiger partial charge in [-0.3, -0.25) is 4.79 Å². The molecule has 0 atom stereocenters. The Hall–Kier alpha value is -0.390. The number of hydrogen-bond donors (Lipinski definition) is 0. The quantitative estimate of drug-likeness (QED) is 0.712. The standard InChI is InChI=1S/C12H8Br3NO/c13-9-5-11(15)12(17)16(7-9)6-8-3-1-2-4-10(8)14/h1-5,7H,6H2. The van der Waals surface area contributed by atoms with E-state index < -0.39 is 0 Å². The van der Waals surface area contributed by atoms with Crippen molar-refractivity contribution in [3.05, 3.63) is 65.9 Å². The molecule has 88 valence electrons. The first-order valence-corrected chi connectivity index (χ1v) is 7.25. The molecule has 2 rings (SSSR count). The summed E-state index contributed by atoms with van der Waals surface area (Å²) in [7, 11) is 0. The summed E-state index contributed by atoms with van der Waals surface area (Å²) >= 11 is 10.1. The summed E-state index contributed by atoms with van der Waals surface area (Å²) in [5, 5.41) is 0.